The Kier molecular flexibility index (Phi) is 3.83. The predicted molar refractivity (Wildman–Crippen MR) is 78.1 cm³/mol. The van der Waals surface area contributed by atoms with Crippen molar-refractivity contribution in [1.29, 1.82) is 0 Å². The van der Waals surface area contributed by atoms with Crippen LogP contribution in [-0.2, 0) is 4.74 Å². The molecule has 4 nitrogen and oxygen atoms in total. The number of nitrogen functional groups attached to an aromatic ring is 1. The van der Waals surface area contributed by atoms with Gasteiger partial charge < -0.3 is 16.3 Å². The average Bonchev–Trinajstić information content (AvgIpc) is 2.45. The fourth-order valence-corrected chi connectivity index (χ4v) is 1.63. The number of nitrogens with zero attached hydrogens (tertiary/aromatic N) is 1. The topological polar surface area (TPSA) is 73.6 Å². The van der Waals surface area contributed by atoms with Crippen LogP contribution in [0.15, 0.2) is 66.3 Å². The smallest absolute Gasteiger partial charge is 0.243 e. The molecule has 0 aliphatic heterocycles. The van der Waals surface area contributed by atoms with Gasteiger partial charge in [-0.15, -0.1) is 5.10 Å². The molecular weight excluding hydrogens is 238 g/mol. The number of hydrogen-bond acceptors (Lipinski definition) is 4. The zero-order chi connectivity index (χ0) is 13.7. The molecule has 2 aromatic rings. The minimum atomic E-state index is 0.313. The molecule has 2 aromatic carbocycles. The van der Waals surface area contributed by atoms with E-state index in [4.69, 9.17) is 16.3 Å². The van der Waals surface area contributed by atoms with Gasteiger partial charge in [-0.05, 0) is 24.3 Å². The van der Waals surface area contributed by atoms with Crippen molar-refractivity contribution in [3.05, 3.63) is 72.3 Å². The summed E-state index contributed by atoms with van der Waals surface area (Å²) < 4.78 is 5.60. The van der Waals surface area contributed by atoms with Crippen LogP contribution in [0, 0.1) is 0 Å². The standard InChI is InChI=1S/C15H15N3O/c1-11(13-8-5-9-14(16)10-13)19-15(18-17)12-6-3-2-4-7-12/h2-10H,1,16-17H2/b18-15-. The maximum absolute atomic E-state index is 5.72. The number of hydrazone groups is 1. The Morgan fingerprint density at radius 2 is 1.68 bits per heavy atom. The van der Waals surface area contributed by atoms with E-state index in [1.807, 2.05) is 42.5 Å². The molecule has 0 heterocycles. The first-order valence-electron chi connectivity index (χ1n) is 5.76. The highest BCUT2D eigenvalue weighted by Crippen LogP contribution is 2.18. The Labute approximate surface area is 112 Å². The van der Waals surface area contributed by atoms with Crippen LogP contribution in [0.1, 0.15) is 11.1 Å². The first-order chi connectivity index (χ1) is 9.20. The number of ether oxygens (including phenoxy) is 1. The second-order valence-corrected chi connectivity index (χ2v) is 3.95. The molecule has 0 fully saturated rings. The van der Waals surface area contributed by atoms with Crippen LogP contribution in [0.5, 0.6) is 0 Å². The predicted octanol–water partition coefficient (Wildman–Crippen LogP) is 2.58. The van der Waals surface area contributed by atoms with Gasteiger partial charge in [0.2, 0.25) is 5.90 Å². The quantitative estimate of drug-likeness (QED) is 0.220. The van der Waals surface area contributed by atoms with Gasteiger partial charge in [-0.1, -0.05) is 36.9 Å². The second-order valence-electron chi connectivity index (χ2n) is 3.95. The normalized spacial score (nSPS) is 11.1. The van der Waals surface area contributed by atoms with E-state index >= 15 is 0 Å². The maximum atomic E-state index is 5.72. The summed E-state index contributed by atoms with van der Waals surface area (Å²) in [5.74, 6) is 6.12. The molecule has 0 aliphatic carbocycles. The third kappa shape index (κ3) is 3.13. The lowest BCUT2D eigenvalue weighted by Gasteiger charge is -2.11. The van der Waals surface area contributed by atoms with Crippen molar-refractivity contribution in [3.8, 4) is 0 Å². The van der Waals surface area contributed by atoms with Crippen LogP contribution in [0.2, 0.25) is 0 Å². The number of rotatable bonds is 3. The minimum Gasteiger partial charge on any atom is -0.437 e. The zero-order valence-corrected chi connectivity index (χ0v) is 10.4. The summed E-state index contributed by atoms with van der Waals surface area (Å²) in [5.41, 5.74) is 7.94. The third-order valence-electron chi connectivity index (χ3n) is 2.57. The molecule has 4 N–H and O–H groups in total. The lowest BCUT2D eigenvalue weighted by atomic mass is 10.2. The van der Waals surface area contributed by atoms with E-state index in [9.17, 15) is 0 Å². The van der Waals surface area contributed by atoms with E-state index in [0.717, 1.165) is 11.1 Å². The molecule has 0 amide bonds. The van der Waals surface area contributed by atoms with E-state index in [0.29, 0.717) is 17.3 Å². The van der Waals surface area contributed by atoms with Crippen molar-refractivity contribution in [2.45, 2.75) is 0 Å². The molecule has 0 spiro atoms. The van der Waals surface area contributed by atoms with E-state index in [-0.39, 0.29) is 0 Å². The molecule has 0 aromatic heterocycles. The number of anilines is 1. The fourth-order valence-electron chi connectivity index (χ4n) is 1.63. The number of nitrogens with two attached hydrogens (primary N) is 2. The lowest BCUT2D eigenvalue weighted by molar-refractivity contribution is 0.508. The van der Waals surface area contributed by atoms with Crippen LogP contribution in [0.4, 0.5) is 5.69 Å². The molecule has 0 bridgehead atoms. The van der Waals surface area contributed by atoms with Crippen LogP contribution < -0.4 is 11.6 Å². The summed E-state index contributed by atoms with van der Waals surface area (Å²) in [5, 5.41) is 3.65. The Morgan fingerprint density at radius 1 is 1.00 bits per heavy atom. The second kappa shape index (κ2) is 5.73. The van der Waals surface area contributed by atoms with Crippen molar-refractivity contribution in [3.63, 3.8) is 0 Å². The highest BCUT2D eigenvalue weighted by Gasteiger charge is 2.08. The summed E-state index contributed by atoms with van der Waals surface area (Å²) in [6.45, 7) is 3.87. The Bertz CT molecular complexity index is 606. The molecule has 0 saturated carbocycles. The summed E-state index contributed by atoms with van der Waals surface area (Å²) in [4.78, 5) is 0. The first-order valence-corrected chi connectivity index (χ1v) is 5.76. The SMILES string of the molecule is C=C(O/C(=N\N)c1ccccc1)c1cccc(N)c1. The van der Waals surface area contributed by atoms with Crippen LogP contribution in [0.3, 0.4) is 0 Å². The molecule has 0 unspecified atom stereocenters. The van der Waals surface area contributed by atoms with Crippen molar-refractivity contribution in [2.75, 3.05) is 5.73 Å². The highest BCUT2D eigenvalue weighted by atomic mass is 16.5. The Balaban J connectivity index is 2.18. The lowest BCUT2D eigenvalue weighted by Crippen LogP contribution is -2.08. The summed E-state index contributed by atoms with van der Waals surface area (Å²) >= 11 is 0. The summed E-state index contributed by atoms with van der Waals surface area (Å²) in [7, 11) is 0. The number of hydrogen-bond donors (Lipinski definition) is 2. The van der Waals surface area contributed by atoms with Gasteiger partial charge >= 0.3 is 0 Å². The van der Waals surface area contributed by atoms with Crippen LogP contribution in [-0.4, -0.2) is 5.90 Å². The van der Waals surface area contributed by atoms with Gasteiger partial charge in [-0.3, -0.25) is 0 Å². The van der Waals surface area contributed by atoms with Gasteiger partial charge in [-0.2, -0.15) is 0 Å². The molecule has 0 radical (unpaired) electrons. The minimum absolute atomic E-state index is 0.313. The molecule has 19 heavy (non-hydrogen) atoms. The van der Waals surface area contributed by atoms with Crippen molar-refractivity contribution in [1.82, 2.24) is 0 Å². The van der Waals surface area contributed by atoms with Gasteiger partial charge in [-0.25, -0.2) is 0 Å². The molecular formula is C15H15N3O. The van der Waals surface area contributed by atoms with E-state index in [1.54, 1.807) is 12.1 Å². The van der Waals surface area contributed by atoms with E-state index < -0.39 is 0 Å². The van der Waals surface area contributed by atoms with Crippen molar-refractivity contribution < 1.29 is 4.74 Å². The van der Waals surface area contributed by atoms with Gasteiger partial charge in [0.05, 0.1) is 0 Å². The Morgan fingerprint density at radius 3 is 2.32 bits per heavy atom. The zero-order valence-electron chi connectivity index (χ0n) is 10.4. The Hall–Kier alpha value is -2.75. The monoisotopic (exact) mass is 253 g/mol. The number of benzene rings is 2. The highest BCUT2D eigenvalue weighted by molar-refractivity contribution is 5.96. The van der Waals surface area contributed by atoms with E-state index in [1.165, 1.54) is 0 Å². The molecule has 96 valence electrons. The molecule has 4 heteroatoms. The molecule has 0 atom stereocenters. The first kappa shape index (κ1) is 12.7. The van der Waals surface area contributed by atoms with Crippen molar-refractivity contribution in [2.24, 2.45) is 10.9 Å². The maximum Gasteiger partial charge on any atom is 0.243 e. The average molecular weight is 253 g/mol. The molecule has 0 saturated heterocycles. The van der Waals surface area contributed by atoms with Crippen LogP contribution >= 0.6 is 0 Å². The third-order valence-corrected chi connectivity index (χ3v) is 2.57. The van der Waals surface area contributed by atoms with Crippen LogP contribution in [0.25, 0.3) is 5.76 Å². The van der Waals surface area contributed by atoms with Gasteiger partial charge in [0.25, 0.3) is 0 Å². The van der Waals surface area contributed by atoms with E-state index in [2.05, 4.69) is 11.7 Å². The summed E-state index contributed by atoms with van der Waals surface area (Å²) in [6.07, 6.45) is 0. The fraction of sp³-hybridized carbons (Fsp3) is 0. The van der Waals surface area contributed by atoms with Gasteiger partial charge in [0, 0.05) is 16.8 Å². The summed E-state index contributed by atoms with van der Waals surface area (Å²) in [6, 6.07) is 16.7. The van der Waals surface area contributed by atoms with Gasteiger partial charge in [0.1, 0.15) is 5.76 Å². The molecule has 2 rings (SSSR count). The molecule has 0 aliphatic rings. The van der Waals surface area contributed by atoms with Crippen molar-refractivity contribution >= 4 is 17.3 Å². The van der Waals surface area contributed by atoms with Gasteiger partial charge in [0.15, 0.2) is 0 Å². The largest absolute Gasteiger partial charge is 0.437 e.